The fourth-order valence-corrected chi connectivity index (χ4v) is 5.48. The molecule has 0 radical (unpaired) electrons. The smallest absolute Gasteiger partial charge is 0.338 e. The number of carbonyl (C=O) groups is 2. The molecule has 45 heavy (non-hydrogen) atoms. The van der Waals surface area contributed by atoms with Crippen LogP contribution >= 0.6 is 11.6 Å². The Morgan fingerprint density at radius 2 is 1.31 bits per heavy atom. The monoisotopic (exact) mass is 613 g/mol. The Kier molecular flexibility index (Phi) is 6.99. The maximum Gasteiger partial charge on any atom is 0.338 e. The second-order valence-corrected chi connectivity index (χ2v) is 10.6. The SMILES string of the molecule is O=C(COC(=O)c1ccc2nc3c4ccccc4c4ccccc4c3nc2c1)c1ccc(Oc2c(Cl)cccc2[N+](=O)[O-])cc1. The Labute approximate surface area is 259 Å². The molecule has 0 unspecified atom stereocenters. The van der Waals surface area contributed by atoms with Gasteiger partial charge in [0.25, 0.3) is 0 Å². The molecular weight excluding hydrogens is 594 g/mol. The zero-order valence-corrected chi connectivity index (χ0v) is 24.0. The third kappa shape index (κ3) is 5.15. The fraction of sp³-hybridized carbons (Fsp3) is 0.0286. The van der Waals surface area contributed by atoms with Crippen LogP contribution in [-0.4, -0.2) is 33.3 Å². The molecule has 0 saturated carbocycles. The highest BCUT2D eigenvalue weighted by molar-refractivity contribution is 6.32. The van der Waals surface area contributed by atoms with Gasteiger partial charge in [0.1, 0.15) is 5.75 Å². The van der Waals surface area contributed by atoms with Crippen LogP contribution in [-0.2, 0) is 4.74 Å². The second kappa shape index (κ2) is 11.3. The van der Waals surface area contributed by atoms with Gasteiger partial charge in [0.15, 0.2) is 12.4 Å². The molecule has 9 nitrogen and oxygen atoms in total. The maximum absolute atomic E-state index is 12.9. The highest BCUT2D eigenvalue weighted by atomic mass is 35.5. The van der Waals surface area contributed by atoms with Crippen molar-refractivity contribution in [3.05, 3.63) is 135 Å². The molecule has 0 spiro atoms. The number of nitro groups is 1. The van der Waals surface area contributed by atoms with Gasteiger partial charge in [-0.15, -0.1) is 0 Å². The second-order valence-electron chi connectivity index (χ2n) is 10.2. The molecule has 0 atom stereocenters. The molecular formula is C35H20ClN3O6. The van der Waals surface area contributed by atoms with E-state index in [9.17, 15) is 19.7 Å². The molecule has 0 aliphatic carbocycles. The number of Topliss-reactive ketones (excluding diaryl/α,β-unsaturated/α-hetero) is 1. The van der Waals surface area contributed by atoms with E-state index in [2.05, 4.69) is 12.1 Å². The molecule has 7 rings (SSSR count). The lowest BCUT2D eigenvalue weighted by atomic mass is 9.99. The number of benzene rings is 6. The summed E-state index contributed by atoms with van der Waals surface area (Å²) < 4.78 is 10.9. The largest absolute Gasteiger partial charge is 0.454 e. The zero-order chi connectivity index (χ0) is 31.1. The molecule has 10 heteroatoms. The number of ether oxygens (including phenoxy) is 2. The standard InChI is InChI=1S/C35H20ClN3O6/c36-27-10-5-11-30(39(42)43)34(27)45-22-15-12-20(13-16-22)31(40)19-44-35(41)21-14-17-28-29(18-21)38-33-26-9-4-2-7-24(26)23-6-1-3-8-25(23)32(33)37-28/h1-18H,19H2. The first kappa shape index (κ1) is 27.9. The molecule has 218 valence electrons. The van der Waals surface area contributed by atoms with Crippen molar-refractivity contribution >= 4 is 72.7 Å². The summed E-state index contributed by atoms with van der Waals surface area (Å²) in [6.45, 7) is -0.493. The molecule has 0 aliphatic rings. The summed E-state index contributed by atoms with van der Waals surface area (Å²) >= 11 is 6.09. The van der Waals surface area contributed by atoms with Crippen LogP contribution in [0, 0.1) is 10.1 Å². The van der Waals surface area contributed by atoms with E-state index in [0.29, 0.717) is 11.0 Å². The molecule has 0 fully saturated rings. The predicted octanol–water partition coefficient (Wildman–Crippen LogP) is 8.48. The van der Waals surface area contributed by atoms with Gasteiger partial charge in [-0.1, -0.05) is 66.2 Å². The highest BCUT2D eigenvalue weighted by Crippen LogP contribution is 2.38. The van der Waals surface area contributed by atoms with Gasteiger partial charge in [-0.25, -0.2) is 14.8 Å². The minimum Gasteiger partial charge on any atom is -0.454 e. The Balaban J connectivity index is 1.10. The average molecular weight is 614 g/mol. The van der Waals surface area contributed by atoms with Crippen molar-refractivity contribution in [1.82, 2.24) is 9.97 Å². The number of hydrogen-bond donors (Lipinski definition) is 0. The summed E-state index contributed by atoms with van der Waals surface area (Å²) in [7, 11) is 0. The first-order valence-corrected chi connectivity index (χ1v) is 14.2. The van der Waals surface area contributed by atoms with E-state index < -0.39 is 23.3 Å². The molecule has 7 aromatic rings. The van der Waals surface area contributed by atoms with Crippen LogP contribution in [0.5, 0.6) is 11.5 Å². The summed E-state index contributed by atoms with van der Waals surface area (Å²) in [5, 5.41) is 15.5. The van der Waals surface area contributed by atoms with Crippen molar-refractivity contribution in [3.63, 3.8) is 0 Å². The van der Waals surface area contributed by atoms with E-state index in [0.717, 1.165) is 32.6 Å². The van der Waals surface area contributed by atoms with Crippen molar-refractivity contribution in [1.29, 1.82) is 0 Å². The quantitative estimate of drug-likeness (QED) is 0.0438. The van der Waals surface area contributed by atoms with Crippen LogP contribution in [0.3, 0.4) is 0 Å². The maximum atomic E-state index is 12.9. The Bertz CT molecular complexity index is 2340. The van der Waals surface area contributed by atoms with E-state index in [1.165, 1.54) is 42.5 Å². The zero-order valence-electron chi connectivity index (χ0n) is 23.3. The van der Waals surface area contributed by atoms with E-state index in [1.54, 1.807) is 18.2 Å². The summed E-state index contributed by atoms with van der Waals surface area (Å²) in [5.74, 6) is -0.984. The number of ketones is 1. The van der Waals surface area contributed by atoms with Crippen molar-refractivity contribution in [2.75, 3.05) is 6.61 Å². The van der Waals surface area contributed by atoms with Gasteiger partial charge in [0, 0.05) is 22.4 Å². The van der Waals surface area contributed by atoms with Crippen molar-refractivity contribution in [2.45, 2.75) is 0 Å². The summed E-state index contributed by atoms with van der Waals surface area (Å²) in [6.07, 6.45) is 0. The minimum absolute atomic E-state index is 0.0750. The van der Waals surface area contributed by atoms with E-state index in [-0.39, 0.29) is 33.3 Å². The molecule has 0 saturated heterocycles. The number of nitro benzene ring substituents is 1. The van der Waals surface area contributed by atoms with E-state index in [1.807, 2.05) is 36.4 Å². The number of fused-ring (bicyclic) bond motifs is 7. The van der Waals surface area contributed by atoms with Crippen LogP contribution in [0.15, 0.2) is 109 Å². The third-order valence-corrected chi connectivity index (χ3v) is 7.73. The number of hydrogen-bond acceptors (Lipinski definition) is 8. The van der Waals surface area contributed by atoms with Crippen molar-refractivity contribution in [2.24, 2.45) is 0 Å². The van der Waals surface area contributed by atoms with Gasteiger partial charge in [-0.3, -0.25) is 14.9 Å². The van der Waals surface area contributed by atoms with Crippen LogP contribution in [0.2, 0.25) is 5.02 Å². The van der Waals surface area contributed by atoms with Crippen LogP contribution < -0.4 is 4.74 Å². The van der Waals surface area contributed by atoms with Gasteiger partial charge in [-0.05, 0) is 59.3 Å². The van der Waals surface area contributed by atoms with Gasteiger partial charge in [0.05, 0.1) is 37.6 Å². The fourth-order valence-electron chi connectivity index (χ4n) is 5.27. The first-order chi connectivity index (χ1) is 21.9. The molecule has 0 N–H and O–H groups in total. The lowest BCUT2D eigenvalue weighted by molar-refractivity contribution is -0.385. The van der Waals surface area contributed by atoms with Crippen LogP contribution in [0.25, 0.3) is 43.6 Å². The molecule has 0 bridgehead atoms. The Morgan fingerprint density at radius 3 is 1.96 bits per heavy atom. The molecule has 0 aliphatic heterocycles. The number of esters is 1. The summed E-state index contributed by atoms with van der Waals surface area (Å²) in [4.78, 5) is 46.3. The average Bonchev–Trinajstić information content (AvgIpc) is 3.07. The number of rotatable bonds is 7. The van der Waals surface area contributed by atoms with Gasteiger partial charge in [0.2, 0.25) is 5.75 Å². The summed E-state index contributed by atoms with van der Waals surface area (Å²) in [6, 6.07) is 31.1. The molecule has 1 heterocycles. The van der Waals surface area contributed by atoms with E-state index >= 15 is 0 Å². The number of carbonyl (C=O) groups excluding carboxylic acids is 2. The lowest BCUT2D eigenvalue weighted by Gasteiger charge is -2.11. The van der Waals surface area contributed by atoms with Crippen molar-refractivity contribution < 1.29 is 24.0 Å². The van der Waals surface area contributed by atoms with Crippen LogP contribution in [0.4, 0.5) is 5.69 Å². The van der Waals surface area contributed by atoms with Gasteiger partial charge < -0.3 is 9.47 Å². The van der Waals surface area contributed by atoms with Gasteiger partial charge >= 0.3 is 11.7 Å². The first-order valence-electron chi connectivity index (χ1n) is 13.8. The Hall–Kier alpha value is -5.93. The number of halogens is 1. The van der Waals surface area contributed by atoms with E-state index in [4.69, 9.17) is 31.0 Å². The molecule has 1 aromatic heterocycles. The van der Waals surface area contributed by atoms with Crippen molar-refractivity contribution in [3.8, 4) is 11.5 Å². The predicted molar refractivity (Wildman–Crippen MR) is 171 cm³/mol. The molecule has 6 aromatic carbocycles. The number of nitrogens with zero attached hydrogens (tertiary/aromatic N) is 3. The number of aromatic nitrogens is 2. The third-order valence-electron chi connectivity index (χ3n) is 7.43. The lowest BCUT2D eigenvalue weighted by Crippen LogP contribution is -2.14. The normalized spacial score (nSPS) is 11.2. The topological polar surface area (TPSA) is 122 Å². The van der Waals surface area contributed by atoms with Gasteiger partial charge in [-0.2, -0.15) is 0 Å². The molecule has 0 amide bonds. The summed E-state index contributed by atoms with van der Waals surface area (Å²) in [5.41, 5.74) is 2.87. The Morgan fingerprint density at radius 1 is 0.711 bits per heavy atom. The minimum atomic E-state index is -0.679. The van der Waals surface area contributed by atoms with Crippen LogP contribution in [0.1, 0.15) is 20.7 Å². The highest BCUT2D eigenvalue weighted by Gasteiger charge is 2.20. The number of para-hydroxylation sites is 1.